The van der Waals surface area contributed by atoms with Gasteiger partial charge in [0.25, 0.3) is 0 Å². The lowest BCUT2D eigenvalue weighted by atomic mass is 10.1. The zero-order valence-corrected chi connectivity index (χ0v) is 10.3. The van der Waals surface area contributed by atoms with Crippen molar-refractivity contribution >= 4 is 5.97 Å². The number of rotatable bonds is 7. The molecule has 3 N–H and O–H groups in total. The van der Waals surface area contributed by atoms with Gasteiger partial charge in [0, 0.05) is 6.54 Å². The van der Waals surface area contributed by atoms with Gasteiger partial charge in [-0.3, -0.25) is 0 Å². The van der Waals surface area contributed by atoms with Gasteiger partial charge in [0.15, 0.2) is 0 Å². The number of carbonyl (C=O) groups is 1. The van der Waals surface area contributed by atoms with E-state index in [2.05, 4.69) is 5.32 Å². The second-order valence-electron chi connectivity index (χ2n) is 4.29. The van der Waals surface area contributed by atoms with E-state index in [1.54, 1.807) is 13.0 Å². The Hall–Kier alpha value is -1.46. The van der Waals surface area contributed by atoms with Crippen molar-refractivity contribution in [2.45, 2.75) is 32.4 Å². The van der Waals surface area contributed by atoms with Crippen LogP contribution < -0.4 is 5.32 Å². The molecular formula is C13H18FNO3. The molecule has 0 aliphatic heterocycles. The Morgan fingerprint density at radius 1 is 1.50 bits per heavy atom. The summed E-state index contributed by atoms with van der Waals surface area (Å²) < 4.78 is 13.3. The highest BCUT2D eigenvalue weighted by molar-refractivity contribution is 5.87. The number of hydrogen-bond donors (Lipinski definition) is 3. The van der Waals surface area contributed by atoms with Crippen LogP contribution >= 0.6 is 0 Å². The molecule has 0 aliphatic rings. The van der Waals surface area contributed by atoms with Crippen LogP contribution in [0.5, 0.6) is 0 Å². The van der Waals surface area contributed by atoms with Gasteiger partial charge in [-0.2, -0.15) is 0 Å². The molecule has 0 aromatic heterocycles. The molecule has 5 heteroatoms. The second-order valence-corrected chi connectivity index (χ2v) is 4.29. The molecule has 1 rings (SSSR count). The molecule has 0 fully saturated rings. The van der Waals surface area contributed by atoms with E-state index in [4.69, 9.17) is 10.2 Å². The van der Waals surface area contributed by atoms with Crippen molar-refractivity contribution in [1.82, 2.24) is 5.32 Å². The molecule has 0 saturated heterocycles. The van der Waals surface area contributed by atoms with Crippen molar-refractivity contribution < 1.29 is 19.4 Å². The van der Waals surface area contributed by atoms with E-state index in [9.17, 15) is 9.18 Å². The standard InChI is InChI=1S/C13H18FNO3/c1-9(16)3-2-6-15-8-10-4-5-11(13(17)18)12(14)7-10/h4-5,7,9,15-16H,2-3,6,8H2,1H3,(H,17,18). The third-order valence-electron chi connectivity index (χ3n) is 2.57. The number of aliphatic hydroxyl groups excluding tert-OH is 1. The largest absolute Gasteiger partial charge is 0.478 e. The third kappa shape index (κ3) is 4.81. The SMILES string of the molecule is CC(O)CCCNCc1ccc(C(=O)O)c(F)c1. The number of aliphatic hydroxyl groups is 1. The van der Waals surface area contributed by atoms with Gasteiger partial charge in [-0.05, 0) is 44.0 Å². The fourth-order valence-electron chi connectivity index (χ4n) is 1.60. The summed E-state index contributed by atoms with van der Waals surface area (Å²) in [5.41, 5.74) is 0.391. The maximum Gasteiger partial charge on any atom is 0.338 e. The van der Waals surface area contributed by atoms with Gasteiger partial charge in [0.1, 0.15) is 5.82 Å². The summed E-state index contributed by atoms with van der Waals surface area (Å²) in [4.78, 5) is 10.6. The lowest BCUT2D eigenvalue weighted by Gasteiger charge is -2.07. The predicted molar refractivity (Wildman–Crippen MR) is 66.0 cm³/mol. The highest BCUT2D eigenvalue weighted by Gasteiger charge is 2.09. The van der Waals surface area contributed by atoms with E-state index < -0.39 is 11.8 Å². The van der Waals surface area contributed by atoms with Crippen LogP contribution in [0.3, 0.4) is 0 Å². The maximum absolute atomic E-state index is 13.3. The minimum Gasteiger partial charge on any atom is -0.478 e. The van der Waals surface area contributed by atoms with E-state index in [1.165, 1.54) is 12.1 Å². The van der Waals surface area contributed by atoms with E-state index in [-0.39, 0.29) is 11.7 Å². The molecule has 0 heterocycles. The van der Waals surface area contributed by atoms with E-state index >= 15 is 0 Å². The van der Waals surface area contributed by atoms with E-state index in [1.807, 2.05) is 0 Å². The average molecular weight is 255 g/mol. The molecule has 1 atom stereocenters. The zero-order chi connectivity index (χ0) is 13.5. The van der Waals surface area contributed by atoms with Gasteiger partial charge in [0.05, 0.1) is 11.7 Å². The molecule has 100 valence electrons. The average Bonchev–Trinajstić information content (AvgIpc) is 2.27. The van der Waals surface area contributed by atoms with Crippen molar-refractivity contribution in [3.8, 4) is 0 Å². The Labute approximate surface area is 105 Å². The van der Waals surface area contributed by atoms with Crippen molar-refractivity contribution in [2.24, 2.45) is 0 Å². The summed E-state index contributed by atoms with van der Waals surface area (Å²) in [5.74, 6) is -1.98. The fourth-order valence-corrected chi connectivity index (χ4v) is 1.60. The van der Waals surface area contributed by atoms with Crippen molar-refractivity contribution in [1.29, 1.82) is 0 Å². The Kier molecular flexibility index (Phi) is 5.74. The van der Waals surface area contributed by atoms with Crippen LogP contribution in [0.25, 0.3) is 0 Å². The second kappa shape index (κ2) is 7.08. The smallest absolute Gasteiger partial charge is 0.338 e. The first-order chi connectivity index (χ1) is 8.50. The Morgan fingerprint density at radius 3 is 2.78 bits per heavy atom. The summed E-state index contributed by atoms with van der Waals surface area (Å²) in [6.07, 6.45) is 1.26. The maximum atomic E-state index is 13.3. The van der Waals surface area contributed by atoms with Gasteiger partial charge >= 0.3 is 5.97 Å². The van der Waals surface area contributed by atoms with Gasteiger partial charge in [-0.15, -0.1) is 0 Å². The highest BCUT2D eigenvalue weighted by Crippen LogP contribution is 2.10. The van der Waals surface area contributed by atoms with Crippen LogP contribution in [0.15, 0.2) is 18.2 Å². The Bertz CT molecular complexity index is 407. The molecule has 18 heavy (non-hydrogen) atoms. The quantitative estimate of drug-likeness (QED) is 0.649. The van der Waals surface area contributed by atoms with Gasteiger partial charge in [0.2, 0.25) is 0 Å². The molecule has 0 saturated carbocycles. The molecule has 0 bridgehead atoms. The van der Waals surface area contributed by atoms with Crippen LogP contribution in [0, 0.1) is 5.82 Å². The molecule has 4 nitrogen and oxygen atoms in total. The van der Waals surface area contributed by atoms with Crippen LogP contribution in [0.1, 0.15) is 35.7 Å². The highest BCUT2D eigenvalue weighted by atomic mass is 19.1. The van der Waals surface area contributed by atoms with Crippen LogP contribution in [0.4, 0.5) is 4.39 Å². The molecule has 1 unspecified atom stereocenters. The number of carboxylic acids is 1. The monoisotopic (exact) mass is 255 g/mol. The van der Waals surface area contributed by atoms with Crippen LogP contribution in [0.2, 0.25) is 0 Å². The van der Waals surface area contributed by atoms with Crippen molar-refractivity contribution in [3.05, 3.63) is 35.1 Å². The number of nitrogens with one attached hydrogen (secondary N) is 1. The molecule has 1 aromatic rings. The molecule has 0 radical (unpaired) electrons. The Morgan fingerprint density at radius 2 is 2.22 bits per heavy atom. The Balaban J connectivity index is 2.39. The molecule has 0 amide bonds. The summed E-state index contributed by atoms with van der Waals surface area (Å²) in [7, 11) is 0. The molecular weight excluding hydrogens is 237 g/mol. The number of aromatic carboxylic acids is 1. The summed E-state index contributed by atoms with van der Waals surface area (Å²) >= 11 is 0. The predicted octanol–water partition coefficient (Wildman–Crippen LogP) is 1.77. The third-order valence-corrected chi connectivity index (χ3v) is 2.57. The first-order valence-corrected chi connectivity index (χ1v) is 5.91. The molecule has 1 aromatic carbocycles. The molecule has 0 spiro atoms. The lowest BCUT2D eigenvalue weighted by Crippen LogP contribution is -2.16. The van der Waals surface area contributed by atoms with Crippen molar-refractivity contribution in [3.63, 3.8) is 0 Å². The van der Waals surface area contributed by atoms with Gasteiger partial charge < -0.3 is 15.5 Å². The van der Waals surface area contributed by atoms with Gasteiger partial charge in [-0.25, -0.2) is 9.18 Å². The first-order valence-electron chi connectivity index (χ1n) is 5.91. The minimum atomic E-state index is -1.26. The number of hydrogen-bond acceptors (Lipinski definition) is 3. The summed E-state index contributed by atoms with van der Waals surface area (Å²) in [6.45, 7) is 2.95. The normalized spacial score (nSPS) is 12.4. The minimum absolute atomic E-state index is 0.306. The van der Waals surface area contributed by atoms with Crippen LogP contribution in [-0.2, 0) is 6.54 Å². The topological polar surface area (TPSA) is 69.6 Å². The summed E-state index contributed by atoms with van der Waals surface area (Å²) in [5, 5.41) is 20.8. The zero-order valence-electron chi connectivity index (χ0n) is 10.3. The number of carboxylic acid groups (broad SMARTS) is 1. The van der Waals surface area contributed by atoms with E-state index in [0.29, 0.717) is 12.1 Å². The lowest BCUT2D eigenvalue weighted by molar-refractivity contribution is 0.0692. The fraction of sp³-hybridized carbons (Fsp3) is 0.462. The van der Waals surface area contributed by atoms with E-state index in [0.717, 1.165) is 19.4 Å². The molecule has 0 aliphatic carbocycles. The number of benzene rings is 1. The van der Waals surface area contributed by atoms with Crippen molar-refractivity contribution in [2.75, 3.05) is 6.54 Å². The first kappa shape index (κ1) is 14.6. The number of halogens is 1. The van der Waals surface area contributed by atoms with Crippen LogP contribution in [-0.4, -0.2) is 28.8 Å². The summed E-state index contributed by atoms with van der Waals surface area (Å²) in [6, 6.07) is 4.09. The van der Waals surface area contributed by atoms with Gasteiger partial charge in [-0.1, -0.05) is 6.07 Å².